The molecule has 3 heteroatoms. The fourth-order valence-corrected chi connectivity index (χ4v) is 2.82. The molecule has 1 saturated heterocycles. The lowest BCUT2D eigenvalue weighted by molar-refractivity contribution is -0.144. The van der Waals surface area contributed by atoms with Gasteiger partial charge in [0.05, 0.1) is 11.4 Å². The van der Waals surface area contributed by atoms with Crippen LogP contribution < -0.4 is 0 Å². The Morgan fingerprint density at radius 2 is 2.60 bits per heavy atom. The normalized spacial score (nSPS) is 46.1. The summed E-state index contributed by atoms with van der Waals surface area (Å²) in [6.07, 6.45) is 0.633. The summed E-state index contributed by atoms with van der Waals surface area (Å²) < 4.78 is 5.46. The van der Waals surface area contributed by atoms with Gasteiger partial charge in [-0.05, 0) is 6.92 Å². The molecule has 2 atom stereocenters. The molecule has 0 aromatic heterocycles. The van der Waals surface area contributed by atoms with Crippen LogP contribution in [0.2, 0.25) is 0 Å². The standard InChI is InChI=1S/C7H10O2S/c1-7-4-5(8)6(7)9-2-3-10-7/h6H,2-4H2,1H3. The van der Waals surface area contributed by atoms with Gasteiger partial charge in [0, 0.05) is 12.2 Å². The highest BCUT2D eigenvalue weighted by Crippen LogP contribution is 2.45. The highest BCUT2D eigenvalue weighted by atomic mass is 32.2. The maximum Gasteiger partial charge on any atom is 0.164 e. The largest absolute Gasteiger partial charge is 0.368 e. The van der Waals surface area contributed by atoms with Crippen molar-refractivity contribution in [1.29, 1.82) is 0 Å². The minimum absolute atomic E-state index is 0.0775. The van der Waals surface area contributed by atoms with Crippen LogP contribution in [0.1, 0.15) is 13.3 Å². The monoisotopic (exact) mass is 158 g/mol. The Labute approximate surface area is 64.3 Å². The van der Waals surface area contributed by atoms with Crippen LogP contribution in [0.15, 0.2) is 0 Å². The molecule has 2 unspecified atom stereocenters. The van der Waals surface area contributed by atoms with Crippen LogP contribution >= 0.6 is 11.8 Å². The van der Waals surface area contributed by atoms with Crippen molar-refractivity contribution in [2.75, 3.05) is 12.4 Å². The SMILES string of the molecule is CC12CC(=O)C1OCCS2. The molecule has 10 heavy (non-hydrogen) atoms. The third-order valence-electron chi connectivity index (χ3n) is 2.17. The molecular formula is C7H10O2S. The molecule has 2 fully saturated rings. The molecule has 2 rings (SSSR count). The zero-order valence-electron chi connectivity index (χ0n) is 5.92. The Morgan fingerprint density at radius 3 is 3.10 bits per heavy atom. The summed E-state index contributed by atoms with van der Waals surface area (Å²) in [6.45, 7) is 2.86. The third-order valence-corrected chi connectivity index (χ3v) is 3.56. The molecule has 0 amide bonds. The van der Waals surface area contributed by atoms with E-state index in [9.17, 15) is 4.79 Å². The Kier molecular flexibility index (Phi) is 1.32. The van der Waals surface area contributed by atoms with E-state index >= 15 is 0 Å². The molecule has 1 aliphatic heterocycles. The zero-order valence-corrected chi connectivity index (χ0v) is 6.74. The highest BCUT2D eigenvalue weighted by Gasteiger charge is 2.53. The zero-order chi connectivity index (χ0) is 7.19. The molecule has 0 aromatic carbocycles. The van der Waals surface area contributed by atoms with Crippen LogP contribution in [0, 0.1) is 0 Å². The van der Waals surface area contributed by atoms with E-state index in [2.05, 4.69) is 6.92 Å². The van der Waals surface area contributed by atoms with Crippen LogP contribution in [-0.2, 0) is 9.53 Å². The first kappa shape index (κ1) is 6.68. The first-order valence-corrected chi connectivity index (χ1v) is 4.49. The summed E-state index contributed by atoms with van der Waals surface area (Å²) in [6, 6.07) is 0. The number of thioether (sulfide) groups is 1. The fourth-order valence-electron chi connectivity index (χ4n) is 1.58. The van der Waals surface area contributed by atoms with Crippen LogP contribution in [0.25, 0.3) is 0 Å². The number of ether oxygens (including phenoxy) is 1. The van der Waals surface area contributed by atoms with Crippen molar-refractivity contribution in [3.63, 3.8) is 0 Å². The van der Waals surface area contributed by atoms with Crippen molar-refractivity contribution < 1.29 is 9.53 Å². The van der Waals surface area contributed by atoms with E-state index in [0.29, 0.717) is 6.42 Å². The topological polar surface area (TPSA) is 26.3 Å². The average molecular weight is 158 g/mol. The molecule has 0 radical (unpaired) electrons. The predicted octanol–water partition coefficient (Wildman–Crippen LogP) is 0.850. The maximum atomic E-state index is 10.9. The number of hydrogen-bond donors (Lipinski definition) is 0. The lowest BCUT2D eigenvalue weighted by Gasteiger charge is -2.47. The molecule has 0 aromatic rings. The number of Topliss-reactive ketones (excluding diaryl/α,β-unsaturated/α-hetero) is 1. The Morgan fingerprint density at radius 1 is 1.80 bits per heavy atom. The van der Waals surface area contributed by atoms with Gasteiger partial charge in [-0.3, -0.25) is 4.79 Å². The van der Waals surface area contributed by atoms with Crippen molar-refractivity contribution in [3.05, 3.63) is 0 Å². The first-order chi connectivity index (χ1) is 4.72. The van der Waals surface area contributed by atoms with Crippen LogP contribution in [0.4, 0.5) is 0 Å². The first-order valence-electron chi connectivity index (χ1n) is 3.51. The van der Waals surface area contributed by atoms with Gasteiger partial charge in [0.25, 0.3) is 0 Å². The van der Waals surface area contributed by atoms with Gasteiger partial charge in [-0.2, -0.15) is 0 Å². The number of hydrogen-bond acceptors (Lipinski definition) is 3. The second-order valence-electron chi connectivity index (χ2n) is 3.06. The second kappa shape index (κ2) is 1.98. The van der Waals surface area contributed by atoms with Crippen LogP contribution in [0.5, 0.6) is 0 Å². The molecule has 2 nitrogen and oxygen atoms in total. The van der Waals surface area contributed by atoms with Gasteiger partial charge >= 0.3 is 0 Å². The summed E-state index contributed by atoms with van der Waals surface area (Å²) in [7, 11) is 0. The van der Waals surface area contributed by atoms with Crippen molar-refractivity contribution in [1.82, 2.24) is 0 Å². The van der Waals surface area contributed by atoms with Gasteiger partial charge < -0.3 is 4.74 Å². The lowest BCUT2D eigenvalue weighted by atomic mass is 9.81. The maximum absolute atomic E-state index is 10.9. The van der Waals surface area contributed by atoms with Gasteiger partial charge in [-0.1, -0.05) is 0 Å². The number of carbonyl (C=O) groups excluding carboxylic acids is 1. The summed E-state index contributed by atoms with van der Waals surface area (Å²) in [4.78, 5) is 10.9. The smallest absolute Gasteiger partial charge is 0.164 e. The fraction of sp³-hybridized carbons (Fsp3) is 0.857. The van der Waals surface area contributed by atoms with Crippen molar-refractivity contribution in [2.24, 2.45) is 0 Å². The summed E-state index contributed by atoms with van der Waals surface area (Å²) >= 11 is 1.87. The van der Waals surface area contributed by atoms with Crippen molar-refractivity contribution in [3.8, 4) is 0 Å². The summed E-state index contributed by atoms with van der Waals surface area (Å²) in [5, 5.41) is 0. The van der Waals surface area contributed by atoms with Crippen molar-refractivity contribution in [2.45, 2.75) is 24.2 Å². The minimum Gasteiger partial charge on any atom is -0.368 e. The molecule has 0 bridgehead atoms. The van der Waals surface area contributed by atoms with Gasteiger partial charge in [-0.15, -0.1) is 11.8 Å². The van der Waals surface area contributed by atoms with E-state index in [4.69, 9.17) is 4.74 Å². The number of carbonyl (C=O) groups is 1. The average Bonchev–Trinajstić information content (AvgIpc) is 1.86. The molecule has 1 heterocycles. The summed E-state index contributed by atoms with van der Waals surface area (Å²) in [5.41, 5.74) is 0. The molecule has 1 saturated carbocycles. The van der Waals surface area contributed by atoms with E-state index < -0.39 is 0 Å². The van der Waals surface area contributed by atoms with Crippen LogP contribution in [0.3, 0.4) is 0 Å². The Bertz CT molecular complexity index is 180. The molecule has 1 aliphatic carbocycles. The van der Waals surface area contributed by atoms with Gasteiger partial charge in [0.1, 0.15) is 6.10 Å². The molecule has 0 spiro atoms. The van der Waals surface area contributed by atoms with E-state index in [1.807, 2.05) is 11.8 Å². The molecular weight excluding hydrogens is 148 g/mol. The Balaban J connectivity index is 2.13. The van der Waals surface area contributed by atoms with Crippen LogP contribution in [-0.4, -0.2) is 29.0 Å². The van der Waals surface area contributed by atoms with E-state index in [-0.39, 0.29) is 16.6 Å². The van der Waals surface area contributed by atoms with Gasteiger partial charge in [-0.25, -0.2) is 0 Å². The van der Waals surface area contributed by atoms with E-state index in [0.717, 1.165) is 12.4 Å². The molecule has 2 aliphatic rings. The predicted molar refractivity (Wildman–Crippen MR) is 40.2 cm³/mol. The van der Waals surface area contributed by atoms with Gasteiger partial charge in [0.2, 0.25) is 0 Å². The molecule has 56 valence electrons. The summed E-state index contributed by atoms with van der Waals surface area (Å²) in [5.74, 6) is 1.33. The lowest BCUT2D eigenvalue weighted by Crippen LogP contribution is -2.58. The third kappa shape index (κ3) is 0.736. The Hall–Kier alpha value is -0.0200. The number of rotatable bonds is 0. The molecule has 0 N–H and O–H groups in total. The van der Waals surface area contributed by atoms with E-state index in [1.165, 1.54) is 0 Å². The van der Waals surface area contributed by atoms with Crippen molar-refractivity contribution >= 4 is 17.5 Å². The number of ketones is 1. The second-order valence-corrected chi connectivity index (χ2v) is 4.68. The number of fused-ring (bicyclic) bond motifs is 1. The van der Waals surface area contributed by atoms with E-state index in [1.54, 1.807) is 0 Å². The minimum atomic E-state index is -0.0775. The van der Waals surface area contributed by atoms with Gasteiger partial charge in [0.15, 0.2) is 5.78 Å². The quantitative estimate of drug-likeness (QED) is 0.523. The highest BCUT2D eigenvalue weighted by molar-refractivity contribution is 8.00.